The molecule has 0 aliphatic carbocycles. The summed E-state index contributed by atoms with van der Waals surface area (Å²) in [5.41, 5.74) is 2.30. The second-order valence-electron chi connectivity index (χ2n) is 4.17. The Hall–Kier alpha value is -1.62. The zero-order chi connectivity index (χ0) is 13.8. The van der Waals surface area contributed by atoms with Crippen LogP contribution in [0.5, 0.6) is 5.75 Å². The van der Waals surface area contributed by atoms with Crippen LogP contribution in [-0.2, 0) is 4.79 Å². The van der Waals surface area contributed by atoms with E-state index in [1.807, 2.05) is 42.5 Å². The molecule has 0 bridgehead atoms. The van der Waals surface area contributed by atoms with E-state index >= 15 is 0 Å². The molecule has 0 saturated carbocycles. The predicted molar refractivity (Wildman–Crippen MR) is 85.0 cm³/mol. The maximum atomic E-state index is 11.6. The van der Waals surface area contributed by atoms with Crippen molar-refractivity contribution in [3.63, 3.8) is 0 Å². The Morgan fingerprint density at radius 1 is 1.11 bits per heavy atom. The maximum absolute atomic E-state index is 11.6. The molecule has 0 spiro atoms. The summed E-state index contributed by atoms with van der Waals surface area (Å²) in [6.07, 6.45) is 0. The van der Waals surface area contributed by atoms with Crippen molar-refractivity contribution in [1.82, 2.24) is 0 Å². The molecular formula is C16H13IO2. The summed E-state index contributed by atoms with van der Waals surface area (Å²) in [6.45, 7) is 5.22. The smallest absolute Gasteiger partial charge is 0.338 e. The third-order valence-electron chi connectivity index (χ3n) is 2.59. The molecule has 2 nitrogen and oxygen atoms in total. The van der Waals surface area contributed by atoms with Gasteiger partial charge in [-0.15, -0.1) is 0 Å². The molecule has 2 aromatic rings. The number of hydrogen-bond donors (Lipinski definition) is 0. The van der Waals surface area contributed by atoms with Gasteiger partial charge in [0.1, 0.15) is 5.75 Å². The van der Waals surface area contributed by atoms with Crippen LogP contribution in [0.15, 0.2) is 60.7 Å². The third-order valence-corrected chi connectivity index (χ3v) is 3.31. The summed E-state index contributed by atoms with van der Waals surface area (Å²) in [6, 6.07) is 15.5. The molecule has 3 heteroatoms. The Morgan fingerprint density at radius 3 is 2.37 bits per heavy atom. The van der Waals surface area contributed by atoms with E-state index in [2.05, 4.69) is 29.2 Å². The second kappa shape index (κ2) is 6.02. The number of esters is 1. The highest BCUT2D eigenvalue weighted by Gasteiger charge is 2.10. The lowest BCUT2D eigenvalue weighted by molar-refractivity contribution is -0.130. The van der Waals surface area contributed by atoms with Gasteiger partial charge in [-0.05, 0) is 53.3 Å². The van der Waals surface area contributed by atoms with Crippen LogP contribution in [0.3, 0.4) is 0 Å². The highest BCUT2D eigenvalue weighted by Crippen LogP contribution is 2.30. The number of carbonyl (C=O) groups is 1. The number of carbonyl (C=O) groups excluding carboxylic acids is 1. The monoisotopic (exact) mass is 364 g/mol. The molecule has 2 aromatic carbocycles. The van der Waals surface area contributed by atoms with E-state index in [1.165, 1.54) is 0 Å². The van der Waals surface area contributed by atoms with E-state index in [1.54, 1.807) is 13.0 Å². The van der Waals surface area contributed by atoms with Crippen LogP contribution in [0.2, 0.25) is 0 Å². The standard InChI is InChI=1S/C16H13IO2/c1-11(2)16(18)19-15-6-4-3-5-14(15)12-7-9-13(17)10-8-12/h3-10H,1H2,2H3. The lowest BCUT2D eigenvalue weighted by atomic mass is 10.1. The first kappa shape index (κ1) is 13.8. The van der Waals surface area contributed by atoms with Crippen molar-refractivity contribution in [2.24, 2.45) is 0 Å². The summed E-state index contributed by atoms with van der Waals surface area (Å²) in [4.78, 5) is 11.6. The molecule has 96 valence electrons. The van der Waals surface area contributed by atoms with Crippen molar-refractivity contribution in [3.8, 4) is 16.9 Å². The first-order chi connectivity index (χ1) is 9.08. The highest BCUT2D eigenvalue weighted by molar-refractivity contribution is 14.1. The Labute approximate surface area is 126 Å². The highest BCUT2D eigenvalue weighted by atomic mass is 127. The lowest BCUT2D eigenvalue weighted by Gasteiger charge is -2.10. The van der Waals surface area contributed by atoms with Crippen molar-refractivity contribution >= 4 is 28.6 Å². The average Bonchev–Trinajstić information content (AvgIpc) is 2.40. The van der Waals surface area contributed by atoms with Gasteiger partial charge in [0.2, 0.25) is 0 Å². The largest absolute Gasteiger partial charge is 0.423 e. The van der Waals surface area contributed by atoms with Gasteiger partial charge in [-0.3, -0.25) is 0 Å². The molecule has 0 amide bonds. The van der Waals surface area contributed by atoms with Crippen LogP contribution >= 0.6 is 22.6 Å². The van der Waals surface area contributed by atoms with E-state index in [9.17, 15) is 4.79 Å². The van der Waals surface area contributed by atoms with Crippen LogP contribution in [-0.4, -0.2) is 5.97 Å². The molecule has 0 unspecified atom stereocenters. The molecule has 0 saturated heterocycles. The third kappa shape index (κ3) is 3.44. The minimum Gasteiger partial charge on any atom is -0.423 e. The minimum atomic E-state index is -0.405. The molecular weight excluding hydrogens is 351 g/mol. The van der Waals surface area contributed by atoms with Crippen molar-refractivity contribution in [3.05, 3.63) is 64.3 Å². The zero-order valence-electron chi connectivity index (χ0n) is 10.5. The molecule has 19 heavy (non-hydrogen) atoms. The average molecular weight is 364 g/mol. The van der Waals surface area contributed by atoms with E-state index in [4.69, 9.17) is 4.74 Å². The lowest BCUT2D eigenvalue weighted by Crippen LogP contribution is -2.08. The van der Waals surface area contributed by atoms with Crippen molar-refractivity contribution < 1.29 is 9.53 Å². The van der Waals surface area contributed by atoms with Gasteiger partial charge in [0.05, 0.1) is 0 Å². The van der Waals surface area contributed by atoms with E-state index in [0.717, 1.165) is 14.7 Å². The summed E-state index contributed by atoms with van der Waals surface area (Å²) in [5.74, 6) is 0.148. The molecule has 0 aromatic heterocycles. The fourth-order valence-corrected chi connectivity index (χ4v) is 1.97. The quantitative estimate of drug-likeness (QED) is 0.348. The molecule has 2 rings (SSSR count). The van der Waals surface area contributed by atoms with Crippen LogP contribution in [0.4, 0.5) is 0 Å². The Balaban J connectivity index is 2.38. The Kier molecular flexibility index (Phi) is 4.37. The van der Waals surface area contributed by atoms with Gasteiger partial charge in [-0.1, -0.05) is 36.9 Å². The van der Waals surface area contributed by atoms with E-state index in [0.29, 0.717) is 11.3 Å². The molecule has 0 heterocycles. The summed E-state index contributed by atoms with van der Waals surface area (Å²) in [7, 11) is 0. The normalized spacial score (nSPS) is 10.0. The number of hydrogen-bond acceptors (Lipinski definition) is 2. The van der Waals surface area contributed by atoms with Gasteiger partial charge in [0.25, 0.3) is 0 Å². The fraction of sp³-hybridized carbons (Fsp3) is 0.0625. The van der Waals surface area contributed by atoms with Crippen LogP contribution < -0.4 is 4.74 Å². The van der Waals surface area contributed by atoms with Crippen molar-refractivity contribution in [1.29, 1.82) is 0 Å². The Morgan fingerprint density at radius 2 is 1.74 bits per heavy atom. The van der Waals surface area contributed by atoms with Gasteiger partial charge in [0, 0.05) is 14.7 Å². The SMILES string of the molecule is C=C(C)C(=O)Oc1ccccc1-c1ccc(I)cc1. The van der Waals surface area contributed by atoms with Gasteiger partial charge >= 0.3 is 5.97 Å². The molecule has 0 fully saturated rings. The number of benzene rings is 2. The van der Waals surface area contributed by atoms with Crippen LogP contribution in [0.1, 0.15) is 6.92 Å². The van der Waals surface area contributed by atoms with Gasteiger partial charge < -0.3 is 4.74 Å². The molecule has 0 radical (unpaired) electrons. The predicted octanol–water partition coefficient (Wildman–Crippen LogP) is 4.44. The summed E-state index contributed by atoms with van der Waals surface area (Å²) >= 11 is 2.26. The first-order valence-corrected chi connectivity index (χ1v) is 6.88. The summed E-state index contributed by atoms with van der Waals surface area (Å²) in [5, 5.41) is 0. The Bertz CT molecular complexity index is 615. The van der Waals surface area contributed by atoms with E-state index < -0.39 is 5.97 Å². The van der Waals surface area contributed by atoms with Gasteiger partial charge in [0.15, 0.2) is 0 Å². The zero-order valence-corrected chi connectivity index (χ0v) is 12.7. The number of para-hydroxylation sites is 1. The first-order valence-electron chi connectivity index (χ1n) is 5.80. The minimum absolute atomic E-state index is 0.386. The van der Waals surface area contributed by atoms with E-state index in [-0.39, 0.29) is 0 Å². The van der Waals surface area contributed by atoms with Gasteiger partial charge in [-0.25, -0.2) is 4.79 Å². The fourth-order valence-electron chi connectivity index (χ4n) is 1.61. The number of halogens is 1. The number of rotatable bonds is 3. The topological polar surface area (TPSA) is 26.3 Å². The van der Waals surface area contributed by atoms with Crippen LogP contribution in [0.25, 0.3) is 11.1 Å². The maximum Gasteiger partial charge on any atom is 0.338 e. The molecule has 0 aliphatic heterocycles. The van der Waals surface area contributed by atoms with Crippen molar-refractivity contribution in [2.75, 3.05) is 0 Å². The van der Waals surface area contributed by atoms with Crippen molar-refractivity contribution in [2.45, 2.75) is 6.92 Å². The van der Waals surface area contributed by atoms with Gasteiger partial charge in [-0.2, -0.15) is 0 Å². The molecule has 0 aliphatic rings. The molecule has 0 atom stereocenters. The number of ether oxygens (including phenoxy) is 1. The molecule has 0 N–H and O–H groups in total. The van der Waals surface area contributed by atoms with Crippen LogP contribution in [0, 0.1) is 3.57 Å². The second-order valence-corrected chi connectivity index (χ2v) is 5.42. The summed E-state index contributed by atoms with van der Waals surface area (Å²) < 4.78 is 6.52.